The molecule has 1 fully saturated rings. The molecule has 4 heteroatoms. The van der Waals surface area contributed by atoms with E-state index in [-0.39, 0.29) is 12.4 Å². The normalized spacial score (nSPS) is 15.8. The van der Waals surface area contributed by atoms with Gasteiger partial charge >= 0.3 is 0 Å². The highest BCUT2D eigenvalue weighted by atomic mass is 35.5. The van der Waals surface area contributed by atoms with Gasteiger partial charge in [0.25, 0.3) is 0 Å². The molecule has 0 atom stereocenters. The van der Waals surface area contributed by atoms with Gasteiger partial charge in [-0.25, -0.2) is 4.98 Å². The topological polar surface area (TPSA) is 24.9 Å². The smallest absolute Gasteiger partial charge is 0.0964 e. The highest BCUT2D eigenvalue weighted by molar-refractivity contribution is 7.10. The van der Waals surface area contributed by atoms with Gasteiger partial charge in [0.1, 0.15) is 0 Å². The lowest BCUT2D eigenvalue weighted by atomic mass is 9.98. The molecule has 3 rings (SSSR count). The van der Waals surface area contributed by atoms with Crippen molar-refractivity contribution in [3.63, 3.8) is 0 Å². The number of aromatic nitrogens is 1. The molecule has 0 amide bonds. The third kappa shape index (κ3) is 3.47. The van der Waals surface area contributed by atoms with Crippen molar-refractivity contribution in [2.45, 2.75) is 39.5 Å². The Labute approximate surface area is 137 Å². The van der Waals surface area contributed by atoms with Crippen LogP contribution in [0.5, 0.6) is 0 Å². The highest BCUT2D eigenvalue weighted by Gasteiger charge is 2.19. The summed E-state index contributed by atoms with van der Waals surface area (Å²) in [6.07, 6.45) is 2.44. The zero-order valence-corrected chi connectivity index (χ0v) is 14.5. The molecule has 1 aromatic heterocycles. The van der Waals surface area contributed by atoms with Crippen LogP contribution in [-0.4, -0.2) is 18.1 Å². The van der Waals surface area contributed by atoms with Crippen molar-refractivity contribution in [1.29, 1.82) is 0 Å². The van der Waals surface area contributed by atoms with Crippen molar-refractivity contribution in [1.82, 2.24) is 10.3 Å². The Morgan fingerprint density at radius 2 is 1.71 bits per heavy atom. The van der Waals surface area contributed by atoms with Gasteiger partial charge in [0.05, 0.1) is 10.7 Å². The van der Waals surface area contributed by atoms with E-state index in [0.717, 1.165) is 18.8 Å². The zero-order valence-electron chi connectivity index (χ0n) is 12.9. The average molecular weight is 323 g/mol. The Bertz CT molecular complexity index is 615. The number of thiazole rings is 1. The van der Waals surface area contributed by atoms with Crippen LogP contribution in [-0.2, 0) is 0 Å². The monoisotopic (exact) mass is 322 g/mol. The van der Waals surface area contributed by atoms with Crippen molar-refractivity contribution in [2.75, 3.05) is 13.1 Å². The molecule has 0 saturated carbocycles. The molecule has 0 aliphatic carbocycles. The second-order valence-corrected chi connectivity index (χ2v) is 6.74. The second kappa shape index (κ2) is 6.91. The highest BCUT2D eigenvalue weighted by Crippen LogP contribution is 2.33. The van der Waals surface area contributed by atoms with Crippen LogP contribution in [0.25, 0.3) is 11.3 Å². The first-order valence-electron chi connectivity index (χ1n) is 7.39. The maximum absolute atomic E-state index is 4.93. The summed E-state index contributed by atoms with van der Waals surface area (Å²) in [7, 11) is 0. The van der Waals surface area contributed by atoms with Crippen LogP contribution >= 0.6 is 23.7 Å². The molecular formula is C17H23ClN2S. The molecule has 2 nitrogen and oxygen atoms in total. The van der Waals surface area contributed by atoms with Crippen molar-refractivity contribution >= 4 is 23.7 Å². The van der Waals surface area contributed by atoms with Crippen molar-refractivity contribution in [2.24, 2.45) is 0 Å². The first-order chi connectivity index (χ1) is 9.65. The SMILES string of the molecule is Cc1cc(C)c(-c2csc(C3CCNCC3)n2)cc1C.Cl. The molecule has 114 valence electrons. The van der Waals surface area contributed by atoms with Crippen LogP contribution in [0.3, 0.4) is 0 Å². The molecule has 1 aliphatic rings. The van der Waals surface area contributed by atoms with E-state index in [1.165, 1.54) is 40.1 Å². The van der Waals surface area contributed by atoms with Crippen LogP contribution in [0.4, 0.5) is 0 Å². The lowest BCUT2D eigenvalue weighted by Crippen LogP contribution is -2.26. The molecule has 0 spiro atoms. The second-order valence-electron chi connectivity index (χ2n) is 5.85. The van der Waals surface area contributed by atoms with Gasteiger partial charge in [-0.3, -0.25) is 0 Å². The molecule has 1 saturated heterocycles. The lowest BCUT2D eigenvalue weighted by molar-refractivity contribution is 0.459. The summed E-state index contributed by atoms with van der Waals surface area (Å²) in [6.45, 7) is 8.79. The van der Waals surface area contributed by atoms with E-state index in [1.54, 1.807) is 0 Å². The fourth-order valence-corrected chi connectivity index (χ4v) is 3.90. The average Bonchev–Trinajstić information content (AvgIpc) is 2.93. The van der Waals surface area contributed by atoms with Gasteiger partial charge in [-0.05, 0) is 69.5 Å². The Balaban J connectivity index is 0.00000161. The van der Waals surface area contributed by atoms with E-state index in [0.29, 0.717) is 5.92 Å². The summed E-state index contributed by atoms with van der Waals surface area (Å²) in [5.74, 6) is 0.654. The Morgan fingerprint density at radius 1 is 1.05 bits per heavy atom. The van der Waals surface area contributed by atoms with Gasteiger partial charge in [-0.15, -0.1) is 23.7 Å². The molecule has 2 heterocycles. The summed E-state index contributed by atoms with van der Waals surface area (Å²) < 4.78 is 0. The Hall–Kier alpha value is -0.900. The van der Waals surface area contributed by atoms with E-state index < -0.39 is 0 Å². The number of rotatable bonds is 2. The molecule has 0 bridgehead atoms. The number of aryl methyl sites for hydroxylation is 3. The first-order valence-corrected chi connectivity index (χ1v) is 8.27. The third-order valence-electron chi connectivity index (χ3n) is 4.33. The third-order valence-corrected chi connectivity index (χ3v) is 5.33. The largest absolute Gasteiger partial charge is 0.317 e. The predicted octanol–water partition coefficient (Wildman–Crippen LogP) is 4.62. The zero-order chi connectivity index (χ0) is 14.1. The van der Waals surface area contributed by atoms with Crippen molar-refractivity contribution in [3.05, 3.63) is 39.2 Å². The maximum Gasteiger partial charge on any atom is 0.0964 e. The van der Waals surface area contributed by atoms with Crippen LogP contribution in [0.2, 0.25) is 0 Å². The van der Waals surface area contributed by atoms with Gasteiger partial charge < -0.3 is 5.32 Å². The van der Waals surface area contributed by atoms with E-state index in [4.69, 9.17) is 4.98 Å². The standard InChI is InChI=1S/C17H22N2S.ClH/c1-11-8-13(3)15(9-12(11)2)16-10-20-17(19-16)14-4-6-18-7-5-14;/h8-10,14,18H,4-7H2,1-3H3;1H. The number of piperidine rings is 1. The summed E-state index contributed by atoms with van der Waals surface area (Å²) in [6, 6.07) is 4.56. The number of nitrogens with one attached hydrogen (secondary N) is 1. The number of hydrogen-bond donors (Lipinski definition) is 1. The number of nitrogens with zero attached hydrogens (tertiary/aromatic N) is 1. The fraction of sp³-hybridized carbons (Fsp3) is 0.471. The minimum Gasteiger partial charge on any atom is -0.317 e. The van der Waals surface area contributed by atoms with Crippen LogP contribution in [0.15, 0.2) is 17.5 Å². The Kier molecular flexibility index (Phi) is 5.42. The summed E-state index contributed by atoms with van der Waals surface area (Å²) in [5, 5.41) is 6.97. The van der Waals surface area contributed by atoms with E-state index in [1.807, 2.05) is 11.3 Å². The molecule has 21 heavy (non-hydrogen) atoms. The maximum atomic E-state index is 4.93. The van der Waals surface area contributed by atoms with Gasteiger partial charge in [0.15, 0.2) is 0 Å². The minimum absolute atomic E-state index is 0. The van der Waals surface area contributed by atoms with E-state index in [9.17, 15) is 0 Å². The van der Waals surface area contributed by atoms with Gasteiger partial charge in [-0.2, -0.15) is 0 Å². The summed E-state index contributed by atoms with van der Waals surface area (Å²) in [5.41, 5.74) is 6.49. The van der Waals surface area contributed by atoms with Crippen LogP contribution < -0.4 is 5.32 Å². The van der Waals surface area contributed by atoms with Crippen LogP contribution in [0.1, 0.15) is 40.5 Å². The van der Waals surface area contributed by atoms with Gasteiger partial charge in [-0.1, -0.05) is 6.07 Å². The Morgan fingerprint density at radius 3 is 2.43 bits per heavy atom. The van der Waals surface area contributed by atoms with Crippen molar-refractivity contribution < 1.29 is 0 Å². The molecule has 0 unspecified atom stereocenters. The summed E-state index contributed by atoms with van der Waals surface area (Å²) >= 11 is 1.83. The quantitative estimate of drug-likeness (QED) is 0.872. The van der Waals surface area contributed by atoms with Crippen molar-refractivity contribution in [3.8, 4) is 11.3 Å². The molecule has 1 aliphatic heterocycles. The molecule has 1 aromatic carbocycles. The van der Waals surface area contributed by atoms with E-state index in [2.05, 4.69) is 43.6 Å². The first kappa shape index (κ1) is 16.5. The minimum atomic E-state index is 0. The molecular weight excluding hydrogens is 300 g/mol. The molecule has 2 aromatic rings. The predicted molar refractivity (Wildman–Crippen MR) is 93.9 cm³/mol. The van der Waals surface area contributed by atoms with Gasteiger partial charge in [0.2, 0.25) is 0 Å². The molecule has 1 N–H and O–H groups in total. The molecule has 0 radical (unpaired) electrons. The summed E-state index contributed by atoms with van der Waals surface area (Å²) in [4.78, 5) is 4.93. The fourth-order valence-electron chi connectivity index (χ4n) is 2.90. The van der Waals surface area contributed by atoms with Gasteiger partial charge in [0, 0.05) is 16.9 Å². The van der Waals surface area contributed by atoms with E-state index >= 15 is 0 Å². The lowest BCUT2D eigenvalue weighted by Gasteiger charge is -2.20. The number of hydrogen-bond acceptors (Lipinski definition) is 3. The number of halogens is 1. The van der Waals surface area contributed by atoms with Crippen LogP contribution in [0, 0.1) is 20.8 Å². The number of benzene rings is 1.